The Balaban J connectivity index is 0.000000810. The van der Waals surface area contributed by atoms with Crippen LogP contribution in [0.15, 0.2) is 0 Å². The molecule has 1 N–H and O–H groups in total. The van der Waals surface area contributed by atoms with Crippen LogP contribution in [-0.4, -0.2) is 18.8 Å². The summed E-state index contributed by atoms with van der Waals surface area (Å²) >= 11 is 0. The predicted molar refractivity (Wildman–Crippen MR) is 43.4 cm³/mol. The van der Waals surface area contributed by atoms with Crippen molar-refractivity contribution < 1.29 is 4.39 Å². The Hall–Kier alpha value is 0.180. The highest BCUT2D eigenvalue weighted by atomic mass is 35.5. The molecule has 1 aliphatic heterocycles. The molecule has 62 valence electrons. The first-order valence-electron chi connectivity index (χ1n) is 3.59. The maximum Gasteiger partial charge on any atom is 0.117 e. The molecule has 0 aromatic carbocycles. The second-order valence-corrected chi connectivity index (χ2v) is 3.03. The van der Waals surface area contributed by atoms with E-state index >= 15 is 0 Å². The zero-order valence-corrected chi connectivity index (χ0v) is 7.25. The molecular formula is C7H15ClFN. The second kappa shape index (κ2) is 4.14. The lowest BCUT2D eigenvalue weighted by Gasteiger charge is -2.16. The van der Waals surface area contributed by atoms with Crippen molar-refractivity contribution in [2.75, 3.05) is 6.54 Å². The van der Waals surface area contributed by atoms with Gasteiger partial charge in [-0.1, -0.05) is 13.8 Å². The van der Waals surface area contributed by atoms with Gasteiger partial charge in [0, 0.05) is 6.04 Å². The summed E-state index contributed by atoms with van der Waals surface area (Å²) in [6, 6.07) is 0.116. The minimum atomic E-state index is -0.606. The van der Waals surface area contributed by atoms with Gasteiger partial charge >= 0.3 is 0 Å². The zero-order chi connectivity index (χ0) is 6.85. The Kier molecular flexibility index (Phi) is 4.22. The van der Waals surface area contributed by atoms with Gasteiger partial charge < -0.3 is 5.32 Å². The Morgan fingerprint density at radius 1 is 1.50 bits per heavy atom. The molecule has 1 fully saturated rings. The van der Waals surface area contributed by atoms with Crippen molar-refractivity contribution in [3.05, 3.63) is 0 Å². The number of nitrogens with one attached hydrogen (secondary N) is 1. The predicted octanol–water partition coefficient (Wildman–Crippen LogP) is 1.76. The molecule has 3 heteroatoms. The molecule has 0 spiro atoms. The molecule has 1 rings (SSSR count). The van der Waals surface area contributed by atoms with E-state index in [1.165, 1.54) is 0 Å². The normalized spacial score (nSPS) is 32.4. The average molecular weight is 168 g/mol. The number of rotatable bonds is 1. The summed E-state index contributed by atoms with van der Waals surface area (Å²) in [6.07, 6.45) is 0.0908. The van der Waals surface area contributed by atoms with Crippen molar-refractivity contribution in [3.8, 4) is 0 Å². The molecule has 0 aliphatic carbocycles. The van der Waals surface area contributed by atoms with Crippen LogP contribution in [0.5, 0.6) is 0 Å². The highest BCUT2D eigenvalue weighted by Crippen LogP contribution is 2.17. The topological polar surface area (TPSA) is 12.0 Å². The minimum Gasteiger partial charge on any atom is -0.311 e. The Morgan fingerprint density at radius 3 is 2.30 bits per heavy atom. The van der Waals surface area contributed by atoms with Crippen LogP contribution >= 0.6 is 12.4 Å². The summed E-state index contributed by atoms with van der Waals surface area (Å²) in [5.74, 6) is 0.433. The molecule has 1 aliphatic rings. The van der Waals surface area contributed by atoms with Gasteiger partial charge in [-0.15, -0.1) is 12.4 Å². The standard InChI is InChI=1S/C7H14FN.ClH/c1-5(2)7-6(8)3-4-9-7;/h5-7,9H,3-4H2,1-2H3;1H. The third-order valence-corrected chi connectivity index (χ3v) is 1.91. The monoisotopic (exact) mass is 167 g/mol. The van der Waals surface area contributed by atoms with Crippen LogP contribution in [0.3, 0.4) is 0 Å². The van der Waals surface area contributed by atoms with Gasteiger partial charge in [-0.05, 0) is 18.9 Å². The summed E-state index contributed by atoms with van der Waals surface area (Å²) in [7, 11) is 0. The van der Waals surface area contributed by atoms with Crippen LogP contribution in [-0.2, 0) is 0 Å². The van der Waals surface area contributed by atoms with E-state index in [2.05, 4.69) is 19.2 Å². The van der Waals surface area contributed by atoms with Crippen molar-refractivity contribution in [1.29, 1.82) is 0 Å². The van der Waals surface area contributed by atoms with E-state index < -0.39 is 6.17 Å². The van der Waals surface area contributed by atoms with Crippen LogP contribution in [0.25, 0.3) is 0 Å². The van der Waals surface area contributed by atoms with Gasteiger partial charge in [-0.3, -0.25) is 0 Å². The van der Waals surface area contributed by atoms with Gasteiger partial charge in [-0.2, -0.15) is 0 Å². The Bertz CT molecular complexity index is 97.6. The Labute approximate surface area is 67.8 Å². The summed E-state index contributed by atoms with van der Waals surface area (Å²) in [6.45, 7) is 4.95. The molecule has 1 heterocycles. The van der Waals surface area contributed by atoms with Crippen molar-refractivity contribution in [1.82, 2.24) is 5.32 Å². The van der Waals surface area contributed by atoms with E-state index in [9.17, 15) is 4.39 Å². The molecule has 0 bridgehead atoms. The number of alkyl halides is 1. The lowest BCUT2D eigenvalue weighted by Crippen LogP contribution is -2.33. The van der Waals surface area contributed by atoms with E-state index in [0.29, 0.717) is 12.3 Å². The fourth-order valence-electron chi connectivity index (χ4n) is 1.35. The van der Waals surface area contributed by atoms with Crippen LogP contribution < -0.4 is 5.32 Å². The highest BCUT2D eigenvalue weighted by Gasteiger charge is 2.28. The molecule has 0 amide bonds. The van der Waals surface area contributed by atoms with Gasteiger partial charge in [0.2, 0.25) is 0 Å². The quantitative estimate of drug-likeness (QED) is 0.628. The van der Waals surface area contributed by atoms with Gasteiger partial charge in [0.05, 0.1) is 0 Å². The zero-order valence-electron chi connectivity index (χ0n) is 6.43. The van der Waals surface area contributed by atoms with E-state index in [1.807, 2.05) is 0 Å². The van der Waals surface area contributed by atoms with Crippen molar-refractivity contribution in [3.63, 3.8) is 0 Å². The molecule has 2 atom stereocenters. The molecule has 0 aromatic rings. The van der Waals surface area contributed by atoms with Gasteiger partial charge in [0.1, 0.15) is 6.17 Å². The van der Waals surface area contributed by atoms with Crippen LogP contribution in [0.2, 0.25) is 0 Å². The van der Waals surface area contributed by atoms with Crippen molar-refractivity contribution >= 4 is 12.4 Å². The number of halogens is 2. The maximum absolute atomic E-state index is 12.8. The van der Waals surface area contributed by atoms with E-state index in [1.54, 1.807) is 0 Å². The third kappa shape index (κ3) is 2.10. The summed E-state index contributed by atoms with van der Waals surface area (Å²) in [5, 5.41) is 3.13. The highest BCUT2D eigenvalue weighted by molar-refractivity contribution is 5.85. The van der Waals surface area contributed by atoms with Crippen molar-refractivity contribution in [2.45, 2.75) is 32.5 Å². The van der Waals surface area contributed by atoms with Gasteiger partial charge in [0.25, 0.3) is 0 Å². The maximum atomic E-state index is 12.8. The first-order chi connectivity index (χ1) is 4.22. The number of hydrogen-bond acceptors (Lipinski definition) is 1. The summed E-state index contributed by atoms with van der Waals surface area (Å²) in [4.78, 5) is 0. The third-order valence-electron chi connectivity index (χ3n) is 1.91. The molecule has 10 heavy (non-hydrogen) atoms. The van der Waals surface area contributed by atoms with E-state index in [0.717, 1.165) is 6.54 Å². The Morgan fingerprint density at radius 2 is 2.10 bits per heavy atom. The minimum absolute atomic E-state index is 0. The second-order valence-electron chi connectivity index (χ2n) is 3.03. The smallest absolute Gasteiger partial charge is 0.117 e. The average Bonchev–Trinajstić information content (AvgIpc) is 2.13. The SMILES string of the molecule is CC(C)C1NCCC1F.Cl. The largest absolute Gasteiger partial charge is 0.311 e. The fraction of sp³-hybridized carbons (Fsp3) is 1.00. The molecule has 0 saturated carbocycles. The summed E-state index contributed by atoms with van der Waals surface area (Å²) < 4.78 is 12.8. The van der Waals surface area contributed by atoms with Crippen LogP contribution in [0.4, 0.5) is 4.39 Å². The first kappa shape index (κ1) is 10.2. The fourth-order valence-corrected chi connectivity index (χ4v) is 1.35. The molecule has 0 radical (unpaired) electrons. The first-order valence-corrected chi connectivity index (χ1v) is 3.59. The number of hydrogen-bond donors (Lipinski definition) is 1. The summed E-state index contributed by atoms with van der Waals surface area (Å²) in [5.41, 5.74) is 0. The van der Waals surface area contributed by atoms with Crippen LogP contribution in [0.1, 0.15) is 20.3 Å². The lowest BCUT2D eigenvalue weighted by atomic mass is 10.0. The molecule has 1 saturated heterocycles. The van der Waals surface area contributed by atoms with E-state index in [-0.39, 0.29) is 18.4 Å². The van der Waals surface area contributed by atoms with Crippen molar-refractivity contribution in [2.24, 2.45) is 5.92 Å². The van der Waals surface area contributed by atoms with Gasteiger partial charge in [0.15, 0.2) is 0 Å². The van der Waals surface area contributed by atoms with Crippen LogP contribution in [0, 0.1) is 5.92 Å². The van der Waals surface area contributed by atoms with E-state index in [4.69, 9.17) is 0 Å². The molecule has 1 nitrogen and oxygen atoms in total. The lowest BCUT2D eigenvalue weighted by molar-refractivity contribution is 0.259. The molecular weight excluding hydrogens is 153 g/mol. The molecule has 0 aromatic heterocycles. The van der Waals surface area contributed by atoms with Gasteiger partial charge in [-0.25, -0.2) is 4.39 Å². The molecule has 2 unspecified atom stereocenters.